The van der Waals surface area contributed by atoms with Crippen molar-refractivity contribution in [2.45, 2.75) is 25.4 Å². The molecule has 6 heteroatoms. The van der Waals surface area contributed by atoms with E-state index in [1.54, 1.807) is 26.0 Å². The molecule has 3 aliphatic heterocycles. The summed E-state index contributed by atoms with van der Waals surface area (Å²) in [6.07, 6.45) is 0. The molecular formula is C33H30N2O3S. The fraction of sp³-hybridized carbons (Fsp3) is 0.242. The van der Waals surface area contributed by atoms with Crippen LogP contribution in [0.4, 0.5) is 0 Å². The third-order valence-electron chi connectivity index (χ3n) is 8.30. The Hall–Kier alpha value is -3.90. The number of rotatable bonds is 4. The van der Waals surface area contributed by atoms with Crippen LogP contribution in [0.1, 0.15) is 36.6 Å². The Morgan fingerprint density at radius 2 is 1.51 bits per heavy atom. The van der Waals surface area contributed by atoms with Gasteiger partial charge in [-0.15, -0.1) is 0 Å². The number of amidine groups is 1. The molecule has 0 N–H and O–H groups in total. The molecule has 0 fully saturated rings. The molecule has 0 bridgehead atoms. The van der Waals surface area contributed by atoms with E-state index in [0.717, 1.165) is 33.5 Å². The monoisotopic (exact) mass is 534 g/mol. The van der Waals surface area contributed by atoms with Gasteiger partial charge in [0.05, 0.1) is 32.6 Å². The molecule has 5 nitrogen and oxygen atoms in total. The molecule has 39 heavy (non-hydrogen) atoms. The van der Waals surface area contributed by atoms with Crippen LogP contribution in [0.2, 0.25) is 0 Å². The van der Waals surface area contributed by atoms with E-state index in [1.165, 1.54) is 26.9 Å². The summed E-state index contributed by atoms with van der Waals surface area (Å²) < 4.78 is 17.4. The summed E-state index contributed by atoms with van der Waals surface area (Å²) in [7, 11) is 3.40. The molecule has 0 aliphatic carbocycles. The van der Waals surface area contributed by atoms with Gasteiger partial charge >= 0.3 is 0 Å². The largest absolute Gasteiger partial charge is 0.497 e. The maximum absolute atomic E-state index is 6.44. The maximum atomic E-state index is 6.44. The Bertz CT molecular complexity index is 1640. The normalized spacial score (nSPS) is 21.0. The lowest BCUT2D eigenvalue weighted by atomic mass is 9.74. The van der Waals surface area contributed by atoms with Crippen LogP contribution in [-0.2, 0) is 0 Å². The minimum Gasteiger partial charge on any atom is -0.497 e. The molecule has 7 rings (SSSR count). The van der Waals surface area contributed by atoms with Crippen molar-refractivity contribution in [1.82, 2.24) is 4.90 Å². The molecule has 2 atom stereocenters. The lowest BCUT2D eigenvalue weighted by Gasteiger charge is -2.51. The summed E-state index contributed by atoms with van der Waals surface area (Å²) in [6.45, 7) is 5.29. The zero-order chi connectivity index (χ0) is 26.7. The lowest BCUT2D eigenvalue weighted by molar-refractivity contribution is 0.0755. The van der Waals surface area contributed by atoms with E-state index in [9.17, 15) is 0 Å². The Balaban J connectivity index is 1.42. The van der Waals surface area contributed by atoms with Gasteiger partial charge in [0.25, 0.3) is 0 Å². The first-order chi connectivity index (χ1) is 19.0. The number of fused-ring (bicyclic) bond motifs is 6. The van der Waals surface area contributed by atoms with Crippen molar-refractivity contribution in [3.63, 3.8) is 0 Å². The van der Waals surface area contributed by atoms with Crippen molar-refractivity contribution < 1.29 is 14.2 Å². The van der Waals surface area contributed by atoms with Crippen LogP contribution in [0.3, 0.4) is 0 Å². The van der Waals surface area contributed by atoms with E-state index in [1.807, 2.05) is 24.3 Å². The summed E-state index contributed by atoms with van der Waals surface area (Å²) in [5.41, 5.74) is 4.39. The number of thioether (sulfide) groups is 1. The van der Waals surface area contributed by atoms with Crippen LogP contribution in [0.5, 0.6) is 17.2 Å². The predicted octanol–water partition coefficient (Wildman–Crippen LogP) is 7.63. The summed E-state index contributed by atoms with van der Waals surface area (Å²) >= 11 is 1.75. The minimum absolute atomic E-state index is 0.0148. The highest BCUT2D eigenvalue weighted by molar-refractivity contribution is 8.22. The molecule has 0 radical (unpaired) electrons. The third-order valence-corrected chi connectivity index (χ3v) is 9.40. The number of benzene rings is 4. The zero-order valence-electron chi connectivity index (χ0n) is 22.5. The molecule has 2 unspecified atom stereocenters. The molecule has 4 aromatic carbocycles. The van der Waals surface area contributed by atoms with Crippen LogP contribution in [0.15, 0.2) is 89.9 Å². The van der Waals surface area contributed by atoms with Crippen LogP contribution in [0.25, 0.3) is 21.4 Å². The first kappa shape index (κ1) is 24.2. The molecule has 0 aromatic heterocycles. The van der Waals surface area contributed by atoms with Gasteiger partial charge in [0.2, 0.25) is 0 Å². The first-order valence-electron chi connectivity index (χ1n) is 13.2. The first-order valence-corrected chi connectivity index (χ1v) is 14.0. The molecular weight excluding hydrogens is 504 g/mol. The number of hydrogen-bond donors (Lipinski definition) is 0. The Morgan fingerprint density at radius 1 is 0.846 bits per heavy atom. The van der Waals surface area contributed by atoms with Gasteiger partial charge in [0.15, 0.2) is 5.17 Å². The number of aliphatic imine (C=N–C) groups is 1. The number of nitrogens with zero attached hydrogens (tertiary/aromatic N) is 2. The molecule has 3 heterocycles. The Morgan fingerprint density at radius 3 is 2.21 bits per heavy atom. The van der Waals surface area contributed by atoms with Crippen LogP contribution < -0.4 is 14.2 Å². The number of ether oxygens (including phenoxy) is 3. The molecule has 3 aliphatic rings. The van der Waals surface area contributed by atoms with Gasteiger partial charge in [-0.05, 0) is 90.0 Å². The molecule has 4 aromatic rings. The highest BCUT2D eigenvalue weighted by Crippen LogP contribution is 2.57. The predicted molar refractivity (Wildman–Crippen MR) is 159 cm³/mol. The van der Waals surface area contributed by atoms with Gasteiger partial charge in [-0.2, -0.15) is 0 Å². The SMILES string of the molecule is COc1ccc(C2=C(c3ccc(OC)cc3)N3C(=NC4c5c(ccc6ccccc56)OCC4C3(C)C)S2)cc1. The highest BCUT2D eigenvalue weighted by atomic mass is 32.2. The van der Waals surface area contributed by atoms with Crippen LogP contribution in [0, 0.1) is 5.92 Å². The van der Waals surface area contributed by atoms with Crippen molar-refractivity contribution >= 4 is 38.3 Å². The fourth-order valence-corrected chi connectivity index (χ4v) is 7.48. The second-order valence-electron chi connectivity index (χ2n) is 10.7. The van der Waals surface area contributed by atoms with Gasteiger partial charge < -0.3 is 19.1 Å². The van der Waals surface area contributed by atoms with E-state index in [-0.39, 0.29) is 17.5 Å². The minimum atomic E-state index is -0.257. The number of methoxy groups -OCH3 is 2. The van der Waals surface area contributed by atoms with Crippen molar-refractivity contribution in [2.75, 3.05) is 20.8 Å². The van der Waals surface area contributed by atoms with Gasteiger partial charge in [0.1, 0.15) is 17.2 Å². The number of hydrogen-bond acceptors (Lipinski definition) is 6. The topological polar surface area (TPSA) is 43.3 Å². The van der Waals surface area contributed by atoms with Crippen molar-refractivity contribution in [2.24, 2.45) is 10.9 Å². The van der Waals surface area contributed by atoms with Crippen LogP contribution >= 0.6 is 11.8 Å². The Labute approximate surface area is 233 Å². The van der Waals surface area contributed by atoms with Gasteiger partial charge in [-0.25, -0.2) is 0 Å². The summed E-state index contributed by atoms with van der Waals surface area (Å²) in [4.78, 5) is 9.14. The maximum Gasteiger partial charge on any atom is 0.169 e. The van der Waals surface area contributed by atoms with Gasteiger partial charge in [-0.1, -0.05) is 42.5 Å². The van der Waals surface area contributed by atoms with Gasteiger partial charge in [-0.3, -0.25) is 4.99 Å². The highest BCUT2D eigenvalue weighted by Gasteiger charge is 2.53. The summed E-state index contributed by atoms with van der Waals surface area (Å²) in [5, 5.41) is 3.47. The Kier molecular flexibility index (Phi) is 5.63. The van der Waals surface area contributed by atoms with Gasteiger partial charge in [0, 0.05) is 21.9 Å². The zero-order valence-corrected chi connectivity index (χ0v) is 23.3. The average Bonchev–Trinajstić information content (AvgIpc) is 3.37. The molecule has 0 saturated heterocycles. The van der Waals surface area contributed by atoms with E-state index in [4.69, 9.17) is 19.2 Å². The second kappa shape index (κ2) is 9.09. The lowest BCUT2D eigenvalue weighted by Crippen LogP contribution is -2.56. The second-order valence-corrected chi connectivity index (χ2v) is 11.7. The van der Waals surface area contributed by atoms with E-state index in [2.05, 4.69) is 79.4 Å². The van der Waals surface area contributed by atoms with E-state index in [0.29, 0.717) is 6.61 Å². The molecule has 0 spiro atoms. The molecule has 0 saturated carbocycles. The summed E-state index contributed by atoms with van der Waals surface area (Å²) in [5.74, 6) is 2.80. The molecule has 0 amide bonds. The summed E-state index contributed by atoms with van der Waals surface area (Å²) in [6, 6.07) is 29.5. The van der Waals surface area contributed by atoms with E-state index >= 15 is 0 Å². The standard InChI is InChI=1S/C33H30N2O3S/c1-33(2)26-19-38-27-18-13-20-7-5-6-8-25(20)28(27)29(26)34-32-35(33)30(21-9-14-23(36-3)15-10-21)31(39-32)22-11-16-24(37-4)17-12-22/h5-18,26,29H,19H2,1-4H3. The quantitative estimate of drug-likeness (QED) is 0.269. The van der Waals surface area contributed by atoms with Crippen molar-refractivity contribution in [3.8, 4) is 17.2 Å². The molecule has 196 valence electrons. The fourth-order valence-electron chi connectivity index (χ4n) is 6.16. The van der Waals surface area contributed by atoms with Crippen LogP contribution in [-0.4, -0.2) is 36.4 Å². The average molecular weight is 535 g/mol. The van der Waals surface area contributed by atoms with E-state index < -0.39 is 0 Å². The third kappa shape index (κ3) is 3.73. The smallest absolute Gasteiger partial charge is 0.169 e. The van der Waals surface area contributed by atoms with Crippen molar-refractivity contribution in [1.29, 1.82) is 0 Å². The van der Waals surface area contributed by atoms with Crippen molar-refractivity contribution in [3.05, 3.63) is 102 Å².